The molecule has 10 heteroatoms. The maximum absolute atomic E-state index is 13.9. The third kappa shape index (κ3) is 8.15. The van der Waals surface area contributed by atoms with Crippen molar-refractivity contribution in [1.82, 2.24) is 19.9 Å². The van der Waals surface area contributed by atoms with Gasteiger partial charge in [0.25, 0.3) is 0 Å². The molecule has 0 aliphatic carbocycles. The average Bonchev–Trinajstić information content (AvgIpc) is 3.66. The molecule has 2 aromatic heterocycles. The van der Waals surface area contributed by atoms with Gasteiger partial charge in [-0.1, -0.05) is 76.9 Å². The molecule has 0 bridgehead atoms. The molecule has 0 unspecified atom stereocenters. The molecule has 4 aromatic rings. The van der Waals surface area contributed by atoms with Crippen LogP contribution < -0.4 is 19.6 Å². The van der Waals surface area contributed by atoms with Crippen LogP contribution in [0.3, 0.4) is 0 Å². The summed E-state index contributed by atoms with van der Waals surface area (Å²) in [5.74, 6) is 3.35. The van der Waals surface area contributed by atoms with Crippen LogP contribution in [0.4, 0.5) is 34.9 Å². The van der Waals surface area contributed by atoms with Crippen LogP contribution >= 0.6 is 0 Å². The van der Waals surface area contributed by atoms with Gasteiger partial charge in [0.15, 0.2) is 0 Å². The summed E-state index contributed by atoms with van der Waals surface area (Å²) in [4.78, 5) is 54.8. The highest BCUT2D eigenvalue weighted by Gasteiger charge is 2.52. The third-order valence-corrected chi connectivity index (χ3v) is 13.1. The highest BCUT2D eigenvalue weighted by atomic mass is 16.2. The third-order valence-electron chi connectivity index (χ3n) is 13.1. The van der Waals surface area contributed by atoms with Gasteiger partial charge in [0, 0.05) is 59.1 Å². The number of hydrogen-bond donors (Lipinski definition) is 0. The van der Waals surface area contributed by atoms with E-state index in [1.165, 1.54) is 33.4 Å². The Morgan fingerprint density at radius 1 is 0.567 bits per heavy atom. The molecule has 0 N–H and O–H groups in total. The van der Waals surface area contributed by atoms with Crippen LogP contribution in [0.15, 0.2) is 24.3 Å². The zero-order chi connectivity index (χ0) is 44.4. The van der Waals surface area contributed by atoms with Crippen LogP contribution in [0.1, 0.15) is 150 Å². The van der Waals surface area contributed by atoms with Crippen molar-refractivity contribution in [2.75, 3.05) is 32.7 Å². The molecule has 10 nitrogen and oxygen atoms in total. The van der Waals surface area contributed by atoms with Crippen molar-refractivity contribution in [3.05, 3.63) is 80.2 Å². The minimum Gasteiger partial charge on any atom is -0.310 e. The number of aromatic nitrogens is 4. The van der Waals surface area contributed by atoms with Gasteiger partial charge in [-0.3, -0.25) is 19.4 Å². The van der Waals surface area contributed by atoms with Gasteiger partial charge >= 0.3 is 0 Å². The number of hydrogen-bond acceptors (Lipinski definition) is 8. The fourth-order valence-corrected chi connectivity index (χ4v) is 10.2. The fraction of sp³-hybridized carbons (Fsp3) is 0.560. The van der Waals surface area contributed by atoms with Crippen LogP contribution in [-0.4, -0.2) is 56.9 Å². The first-order chi connectivity index (χ1) is 28.5. The van der Waals surface area contributed by atoms with Crippen molar-refractivity contribution < 1.29 is 9.59 Å². The topological polar surface area (TPSA) is 98.7 Å². The Bertz CT molecular complexity index is 2170. The SMILES string of the molecule is CCC(CC)N1C(=O)C(CC)(CC)c2c(C)nc(N(CC)c3c(C)cc(C)cc3C)nc21.CCC(CC)N1C(=O)Cc2c(C)nc(N(CC)c3c(C)cc(C)cc3C)nc21. The Labute approximate surface area is 361 Å². The number of fused-ring (bicyclic) bond motifs is 2. The van der Waals surface area contributed by atoms with E-state index in [1.807, 2.05) is 16.7 Å². The number of carbonyl (C=O) groups is 2. The van der Waals surface area contributed by atoms with E-state index in [0.717, 1.165) is 97.1 Å². The lowest BCUT2D eigenvalue weighted by molar-refractivity contribution is -0.124. The standard InChI is InChI=1S/C27H40N4O.C23H32N4O/c1-10-21(11-2)31-24-22(27(12-3,13-4)25(31)32)20(9)28-26(29-24)30(14-5)23-18(7)15-17(6)16-19(23)8;1-8-18(9-2)27-20(28)13-19-17(7)24-23(25-22(19)27)26(10-3)21-15(5)11-14(4)12-16(21)6/h15-16,21H,10-14H2,1-9H3;11-12,18H,8-10,13H2,1-7H3. The van der Waals surface area contributed by atoms with Gasteiger partial charge in [-0.05, 0) is 130 Å². The summed E-state index contributed by atoms with van der Waals surface area (Å²) in [6.07, 6.45) is 5.62. The molecule has 0 saturated heterocycles. The van der Waals surface area contributed by atoms with Gasteiger partial charge in [-0.25, -0.2) is 9.97 Å². The molecule has 0 fully saturated rings. The minimum atomic E-state index is -0.521. The predicted molar refractivity (Wildman–Crippen MR) is 250 cm³/mol. The summed E-state index contributed by atoms with van der Waals surface area (Å²) >= 11 is 0. The van der Waals surface area contributed by atoms with Gasteiger partial charge in [0.1, 0.15) is 11.6 Å². The maximum atomic E-state index is 13.9. The summed E-state index contributed by atoms with van der Waals surface area (Å²) in [5.41, 5.74) is 13.0. The lowest BCUT2D eigenvalue weighted by Crippen LogP contribution is -2.44. The van der Waals surface area contributed by atoms with E-state index in [1.54, 1.807) is 0 Å². The van der Waals surface area contributed by atoms with Crippen molar-refractivity contribution >= 4 is 46.7 Å². The number of amides is 2. The summed E-state index contributed by atoms with van der Waals surface area (Å²) < 4.78 is 0. The normalized spacial score (nSPS) is 14.2. The van der Waals surface area contributed by atoms with Crippen molar-refractivity contribution in [2.24, 2.45) is 0 Å². The van der Waals surface area contributed by atoms with Crippen molar-refractivity contribution in [2.45, 2.75) is 173 Å². The number of rotatable bonds is 14. The van der Waals surface area contributed by atoms with Crippen LogP contribution in [0.5, 0.6) is 0 Å². The van der Waals surface area contributed by atoms with E-state index >= 15 is 0 Å². The lowest BCUT2D eigenvalue weighted by Gasteiger charge is -2.30. The first kappa shape index (κ1) is 46.2. The molecule has 324 valence electrons. The van der Waals surface area contributed by atoms with E-state index < -0.39 is 5.41 Å². The van der Waals surface area contributed by atoms with Gasteiger partial charge < -0.3 is 9.80 Å². The zero-order valence-corrected chi connectivity index (χ0v) is 39.7. The van der Waals surface area contributed by atoms with Crippen molar-refractivity contribution in [3.63, 3.8) is 0 Å². The molecule has 6 rings (SSSR count). The first-order valence-electron chi connectivity index (χ1n) is 22.6. The second-order valence-corrected chi connectivity index (χ2v) is 17.0. The van der Waals surface area contributed by atoms with E-state index in [-0.39, 0.29) is 23.9 Å². The second-order valence-electron chi connectivity index (χ2n) is 17.0. The molecule has 0 radical (unpaired) electrons. The Morgan fingerprint density at radius 3 is 1.37 bits per heavy atom. The Morgan fingerprint density at radius 2 is 0.967 bits per heavy atom. The Kier molecular flexibility index (Phi) is 14.5. The lowest BCUT2D eigenvalue weighted by atomic mass is 9.76. The molecule has 0 spiro atoms. The zero-order valence-electron chi connectivity index (χ0n) is 39.7. The molecule has 0 atom stereocenters. The molecule has 4 heterocycles. The monoisotopic (exact) mass is 817 g/mol. The predicted octanol–water partition coefficient (Wildman–Crippen LogP) is 11.4. The number of carbonyl (C=O) groups excluding carboxylic acids is 2. The van der Waals surface area contributed by atoms with Crippen LogP contribution in [0.25, 0.3) is 0 Å². The Balaban J connectivity index is 0.000000230. The van der Waals surface area contributed by atoms with Crippen LogP contribution in [-0.2, 0) is 21.4 Å². The van der Waals surface area contributed by atoms with Gasteiger partial charge in [0.05, 0.1) is 11.8 Å². The number of nitrogens with zero attached hydrogens (tertiary/aromatic N) is 8. The van der Waals surface area contributed by atoms with Gasteiger partial charge in [0.2, 0.25) is 23.7 Å². The number of benzene rings is 2. The smallest absolute Gasteiger partial charge is 0.239 e. The molecular weight excluding hydrogens is 745 g/mol. The molecule has 2 aliphatic heterocycles. The maximum Gasteiger partial charge on any atom is 0.239 e. The van der Waals surface area contributed by atoms with Gasteiger partial charge in [-0.2, -0.15) is 9.97 Å². The number of anilines is 6. The quantitative estimate of drug-likeness (QED) is 0.124. The summed E-state index contributed by atoms with van der Waals surface area (Å²) in [7, 11) is 0. The molecule has 2 aromatic carbocycles. The largest absolute Gasteiger partial charge is 0.310 e. The van der Waals surface area contributed by atoms with Crippen molar-refractivity contribution in [3.8, 4) is 0 Å². The van der Waals surface area contributed by atoms with E-state index in [4.69, 9.17) is 19.9 Å². The summed E-state index contributed by atoms with van der Waals surface area (Å²) in [6, 6.07) is 9.17. The van der Waals surface area contributed by atoms with Crippen molar-refractivity contribution in [1.29, 1.82) is 0 Å². The Hall–Kier alpha value is -4.86. The molecule has 2 amide bonds. The molecule has 60 heavy (non-hydrogen) atoms. The molecule has 2 aliphatic rings. The second kappa shape index (κ2) is 18.8. The minimum absolute atomic E-state index is 0.143. The van der Waals surface area contributed by atoms with Crippen LogP contribution in [0, 0.1) is 55.4 Å². The van der Waals surface area contributed by atoms with Crippen LogP contribution in [0.2, 0.25) is 0 Å². The average molecular weight is 817 g/mol. The van der Waals surface area contributed by atoms with E-state index in [9.17, 15) is 9.59 Å². The van der Waals surface area contributed by atoms with Gasteiger partial charge in [-0.15, -0.1) is 0 Å². The first-order valence-corrected chi connectivity index (χ1v) is 22.6. The summed E-state index contributed by atoms with van der Waals surface area (Å²) in [5, 5.41) is 0. The molecular formula is C50H72N8O2. The fourth-order valence-electron chi connectivity index (χ4n) is 10.2. The number of aryl methyl sites for hydroxylation is 8. The summed E-state index contributed by atoms with van der Waals surface area (Å²) in [6.45, 7) is 35.5. The van der Waals surface area contributed by atoms with E-state index in [0.29, 0.717) is 18.3 Å². The van der Waals surface area contributed by atoms with E-state index in [2.05, 4.69) is 138 Å². The highest BCUT2D eigenvalue weighted by Crippen LogP contribution is 2.49. The highest BCUT2D eigenvalue weighted by molar-refractivity contribution is 6.08. The molecule has 0 saturated carbocycles.